The number of benzene rings is 3. The van der Waals surface area contributed by atoms with Gasteiger partial charge in [0, 0.05) is 24.2 Å². The molecule has 144 valence electrons. The molecule has 2 atom stereocenters. The van der Waals surface area contributed by atoms with E-state index in [1.165, 1.54) is 12.1 Å². The number of aliphatic hydroxyl groups is 1. The van der Waals surface area contributed by atoms with Crippen molar-refractivity contribution in [1.82, 2.24) is 0 Å². The number of hydrogen-bond acceptors (Lipinski definition) is 4. The molecule has 28 heavy (non-hydrogen) atoms. The second-order valence-corrected chi connectivity index (χ2v) is 7.08. The number of hydrogen-bond donors (Lipinski definition) is 2. The number of nitrogens with zero attached hydrogens (tertiary/aromatic N) is 1. The van der Waals surface area contributed by atoms with Crippen molar-refractivity contribution in [3.63, 3.8) is 0 Å². The molecule has 2 N–H and O–H groups in total. The van der Waals surface area contributed by atoms with Crippen LogP contribution in [0, 0.1) is 24.0 Å². The minimum atomic E-state index is -0.655. The van der Waals surface area contributed by atoms with Gasteiger partial charge in [0.2, 0.25) is 0 Å². The van der Waals surface area contributed by atoms with Crippen molar-refractivity contribution < 1.29 is 10.0 Å². The third kappa shape index (κ3) is 4.96. The first kappa shape index (κ1) is 19.6. The van der Waals surface area contributed by atoms with E-state index in [1.54, 1.807) is 12.1 Å². The molecule has 0 spiro atoms. The van der Waals surface area contributed by atoms with Crippen molar-refractivity contribution in [2.24, 2.45) is 0 Å². The molecule has 0 saturated heterocycles. The maximum absolute atomic E-state index is 11.1. The van der Waals surface area contributed by atoms with E-state index in [-0.39, 0.29) is 11.7 Å². The Kier molecular flexibility index (Phi) is 6.06. The van der Waals surface area contributed by atoms with Crippen LogP contribution in [-0.4, -0.2) is 10.0 Å². The van der Waals surface area contributed by atoms with Gasteiger partial charge in [-0.2, -0.15) is 0 Å². The molecule has 0 saturated carbocycles. The van der Waals surface area contributed by atoms with E-state index in [1.807, 2.05) is 62.4 Å². The number of anilines is 1. The number of non-ortho nitro benzene ring substituents is 1. The number of aliphatic hydroxyl groups excluding tert-OH is 1. The van der Waals surface area contributed by atoms with Crippen LogP contribution in [0.2, 0.25) is 0 Å². The van der Waals surface area contributed by atoms with Crippen molar-refractivity contribution in [2.45, 2.75) is 32.4 Å². The first-order valence-electron chi connectivity index (χ1n) is 9.24. The summed E-state index contributed by atoms with van der Waals surface area (Å²) in [5.74, 6) is 0. The van der Waals surface area contributed by atoms with E-state index in [0.29, 0.717) is 12.1 Å². The van der Waals surface area contributed by atoms with Crippen LogP contribution in [0.1, 0.15) is 40.8 Å². The summed E-state index contributed by atoms with van der Waals surface area (Å²) in [6, 6.07) is 22.1. The SMILES string of the molecule is Cc1ccc(C(O)CC(Nc2cccc([N+](=O)[O-])c2)c2ccc(C)cc2)cc1. The van der Waals surface area contributed by atoms with E-state index in [9.17, 15) is 15.2 Å². The van der Waals surface area contributed by atoms with Gasteiger partial charge >= 0.3 is 0 Å². The summed E-state index contributed by atoms with van der Waals surface area (Å²) < 4.78 is 0. The number of aryl methyl sites for hydroxylation is 2. The third-order valence-corrected chi connectivity index (χ3v) is 4.80. The molecule has 0 amide bonds. The molecule has 3 aromatic rings. The van der Waals surface area contributed by atoms with Gasteiger partial charge in [0.15, 0.2) is 0 Å². The zero-order chi connectivity index (χ0) is 20.1. The Morgan fingerprint density at radius 1 is 0.929 bits per heavy atom. The van der Waals surface area contributed by atoms with Gasteiger partial charge in [-0.25, -0.2) is 0 Å². The van der Waals surface area contributed by atoms with Gasteiger partial charge in [-0.1, -0.05) is 65.7 Å². The van der Waals surface area contributed by atoms with Crippen LogP contribution in [0.25, 0.3) is 0 Å². The third-order valence-electron chi connectivity index (χ3n) is 4.80. The molecule has 0 fully saturated rings. The summed E-state index contributed by atoms with van der Waals surface area (Å²) in [7, 11) is 0. The lowest BCUT2D eigenvalue weighted by Crippen LogP contribution is -2.15. The zero-order valence-corrected chi connectivity index (χ0v) is 16.0. The Bertz CT molecular complexity index is 937. The molecule has 5 nitrogen and oxygen atoms in total. The fraction of sp³-hybridized carbons (Fsp3) is 0.217. The maximum Gasteiger partial charge on any atom is 0.271 e. The van der Waals surface area contributed by atoms with Gasteiger partial charge in [-0.05, 0) is 31.0 Å². The highest BCUT2D eigenvalue weighted by Crippen LogP contribution is 2.31. The van der Waals surface area contributed by atoms with Gasteiger partial charge in [-0.15, -0.1) is 0 Å². The van der Waals surface area contributed by atoms with Crippen LogP contribution >= 0.6 is 0 Å². The molecule has 0 bridgehead atoms. The Balaban J connectivity index is 1.86. The predicted molar refractivity (Wildman–Crippen MR) is 111 cm³/mol. The average molecular weight is 376 g/mol. The minimum absolute atomic E-state index is 0.0340. The molecular formula is C23H24N2O3. The van der Waals surface area contributed by atoms with E-state index in [0.717, 1.165) is 22.3 Å². The van der Waals surface area contributed by atoms with Crippen molar-refractivity contribution in [2.75, 3.05) is 5.32 Å². The van der Waals surface area contributed by atoms with Crippen LogP contribution in [0.15, 0.2) is 72.8 Å². The molecule has 3 aromatic carbocycles. The van der Waals surface area contributed by atoms with E-state index >= 15 is 0 Å². The van der Waals surface area contributed by atoms with Crippen molar-refractivity contribution >= 4 is 11.4 Å². The van der Waals surface area contributed by atoms with Crippen LogP contribution < -0.4 is 5.32 Å². The molecule has 3 rings (SSSR count). The van der Waals surface area contributed by atoms with E-state index < -0.39 is 11.0 Å². The Hall–Kier alpha value is -3.18. The van der Waals surface area contributed by atoms with Gasteiger partial charge in [-0.3, -0.25) is 10.1 Å². The Morgan fingerprint density at radius 3 is 2.07 bits per heavy atom. The highest BCUT2D eigenvalue weighted by atomic mass is 16.6. The molecule has 0 radical (unpaired) electrons. The summed E-state index contributed by atoms with van der Waals surface area (Å²) in [4.78, 5) is 10.7. The van der Waals surface area contributed by atoms with Gasteiger partial charge < -0.3 is 10.4 Å². The zero-order valence-electron chi connectivity index (χ0n) is 16.0. The minimum Gasteiger partial charge on any atom is -0.388 e. The smallest absolute Gasteiger partial charge is 0.271 e. The molecule has 0 aliphatic carbocycles. The topological polar surface area (TPSA) is 75.4 Å². The Labute approximate surface area is 164 Å². The molecule has 2 unspecified atom stereocenters. The maximum atomic E-state index is 11.1. The fourth-order valence-corrected chi connectivity index (χ4v) is 3.14. The highest BCUT2D eigenvalue weighted by molar-refractivity contribution is 5.52. The van der Waals surface area contributed by atoms with Crippen molar-refractivity contribution in [1.29, 1.82) is 0 Å². The lowest BCUT2D eigenvalue weighted by Gasteiger charge is -2.24. The summed E-state index contributed by atoms with van der Waals surface area (Å²) in [5.41, 5.74) is 4.84. The van der Waals surface area contributed by atoms with Gasteiger partial charge in [0.1, 0.15) is 0 Å². The lowest BCUT2D eigenvalue weighted by molar-refractivity contribution is -0.384. The number of rotatable bonds is 7. The molecule has 0 heterocycles. The van der Waals surface area contributed by atoms with Crippen molar-refractivity contribution in [3.8, 4) is 0 Å². The first-order chi connectivity index (χ1) is 13.4. The Morgan fingerprint density at radius 2 is 1.50 bits per heavy atom. The summed E-state index contributed by atoms with van der Waals surface area (Å²) in [6.45, 7) is 4.03. The molecule has 0 aliphatic rings. The molecule has 0 aliphatic heterocycles. The molecular weight excluding hydrogens is 352 g/mol. The van der Waals surface area contributed by atoms with Crippen LogP contribution in [0.3, 0.4) is 0 Å². The number of nitrogens with one attached hydrogen (secondary N) is 1. The monoisotopic (exact) mass is 376 g/mol. The van der Waals surface area contributed by atoms with E-state index in [4.69, 9.17) is 0 Å². The number of nitro benzene ring substituents is 1. The molecule has 5 heteroatoms. The standard InChI is InChI=1S/C23H24N2O3/c1-16-6-10-18(11-7-16)22(15-23(26)19-12-8-17(2)9-13-19)24-20-4-3-5-21(14-20)25(27)28/h3-14,22-24,26H,15H2,1-2H3. The highest BCUT2D eigenvalue weighted by Gasteiger charge is 2.19. The average Bonchev–Trinajstić information content (AvgIpc) is 2.68. The van der Waals surface area contributed by atoms with Crippen molar-refractivity contribution in [3.05, 3.63) is 105 Å². The lowest BCUT2D eigenvalue weighted by atomic mass is 9.95. The van der Waals surface area contributed by atoms with Gasteiger partial charge in [0.05, 0.1) is 17.1 Å². The second kappa shape index (κ2) is 8.67. The van der Waals surface area contributed by atoms with Crippen LogP contribution in [0.4, 0.5) is 11.4 Å². The quantitative estimate of drug-likeness (QED) is 0.422. The summed E-state index contributed by atoms with van der Waals surface area (Å²) in [5, 5.41) is 25.2. The van der Waals surface area contributed by atoms with Crippen LogP contribution in [0.5, 0.6) is 0 Å². The summed E-state index contributed by atoms with van der Waals surface area (Å²) >= 11 is 0. The predicted octanol–water partition coefficient (Wildman–Crippen LogP) is 5.49. The molecule has 0 aromatic heterocycles. The first-order valence-corrected chi connectivity index (χ1v) is 9.24. The number of nitro groups is 1. The fourth-order valence-electron chi connectivity index (χ4n) is 3.14. The van der Waals surface area contributed by atoms with Crippen LogP contribution in [-0.2, 0) is 0 Å². The second-order valence-electron chi connectivity index (χ2n) is 7.08. The van der Waals surface area contributed by atoms with Gasteiger partial charge in [0.25, 0.3) is 5.69 Å². The largest absolute Gasteiger partial charge is 0.388 e. The summed E-state index contributed by atoms with van der Waals surface area (Å²) in [6.07, 6.45) is -0.215. The normalized spacial score (nSPS) is 13.0. The van der Waals surface area contributed by atoms with E-state index in [2.05, 4.69) is 5.32 Å².